The highest BCUT2D eigenvalue weighted by molar-refractivity contribution is 5.81. The minimum Gasteiger partial charge on any atom is -0.338 e. The highest BCUT2D eigenvalue weighted by atomic mass is 19.4. The summed E-state index contributed by atoms with van der Waals surface area (Å²) in [6.45, 7) is 0.303. The maximum absolute atomic E-state index is 13.4. The zero-order valence-electron chi connectivity index (χ0n) is 14.7. The number of aryl methyl sites for hydroxylation is 1. The number of nitrogens with zero attached hydrogens (tertiary/aromatic N) is 5. The van der Waals surface area contributed by atoms with E-state index in [9.17, 15) is 27.2 Å². The fraction of sp³-hybridized carbons (Fsp3) is 0.529. The summed E-state index contributed by atoms with van der Waals surface area (Å²) in [5.41, 5.74) is -1.14. The van der Waals surface area contributed by atoms with Gasteiger partial charge < -0.3 is 4.90 Å². The van der Waals surface area contributed by atoms with Crippen LogP contribution in [0.2, 0.25) is 0 Å². The van der Waals surface area contributed by atoms with Gasteiger partial charge >= 0.3 is 11.9 Å². The van der Waals surface area contributed by atoms with Gasteiger partial charge in [0, 0.05) is 19.2 Å². The van der Waals surface area contributed by atoms with E-state index >= 15 is 0 Å². The average molecular weight is 399 g/mol. The van der Waals surface area contributed by atoms with Gasteiger partial charge in [-0.1, -0.05) is 6.07 Å². The van der Waals surface area contributed by atoms with Crippen molar-refractivity contribution in [1.82, 2.24) is 24.2 Å². The molecule has 2 aromatic rings. The number of carbonyl (C=O) groups excluding carboxylic acids is 1. The third-order valence-electron chi connectivity index (χ3n) is 5.07. The number of halogens is 4. The van der Waals surface area contributed by atoms with Gasteiger partial charge in [0.25, 0.3) is 0 Å². The molecule has 28 heavy (non-hydrogen) atoms. The number of carbonyl (C=O) groups is 1. The van der Waals surface area contributed by atoms with Gasteiger partial charge in [-0.05, 0) is 24.5 Å². The molecule has 0 N–H and O–H groups in total. The number of likely N-dealkylation sites (tertiary alicyclic amines) is 1. The Labute approximate surface area is 156 Å². The second kappa shape index (κ2) is 6.71. The second-order valence-electron chi connectivity index (χ2n) is 7.00. The monoisotopic (exact) mass is 399 g/mol. The molecule has 2 atom stereocenters. The van der Waals surface area contributed by atoms with Gasteiger partial charge in [-0.2, -0.15) is 18.3 Å². The normalized spacial score (nSPS) is 21.9. The number of alkyl halides is 4. The van der Waals surface area contributed by atoms with Crippen LogP contribution in [-0.4, -0.2) is 49.4 Å². The van der Waals surface area contributed by atoms with E-state index in [0.717, 1.165) is 16.9 Å². The minimum atomic E-state index is -4.53. The second-order valence-corrected chi connectivity index (χ2v) is 7.00. The van der Waals surface area contributed by atoms with Crippen LogP contribution >= 0.6 is 0 Å². The standard InChI is InChI=1S/C17H17F4N5O2/c18-11-5-6-24(9-11)15(27)12-2-4-14-23-25(16(28)26(12)14)8-10-1-3-13(22-7-10)17(19,20)21/h1,3,7,11-12H,2,4-6,8-9H2/t11-,12+/m0/s1. The summed E-state index contributed by atoms with van der Waals surface area (Å²) in [6.07, 6.45) is -3.39. The molecule has 0 aromatic carbocycles. The van der Waals surface area contributed by atoms with E-state index in [-0.39, 0.29) is 19.0 Å². The molecular formula is C17H17F4N5O2. The maximum atomic E-state index is 13.4. The van der Waals surface area contributed by atoms with E-state index in [0.29, 0.717) is 37.2 Å². The summed E-state index contributed by atoms with van der Waals surface area (Å²) in [5.74, 6) is 0.149. The number of pyridine rings is 1. The molecule has 1 amide bonds. The van der Waals surface area contributed by atoms with Gasteiger partial charge in [-0.25, -0.2) is 13.9 Å². The van der Waals surface area contributed by atoms with E-state index in [1.165, 1.54) is 15.5 Å². The van der Waals surface area contributed by atoms with Crippen molar-refractivity contribution in [3.63, 3.8) is 0 Å². The first-order chi connectivity index (χ1) is 13.2. The molecular weight excluding hydrogens is 382 g/mol. The lowest BCUT2D eigenvalue weighted by Gasteiger charge is -2.20. The molecule has 0 radical (unpaired) electrons. The van der Waals surface area contributed by atoms with Crippen LogP contribution in [0.25, 0.3) is 0 Å². The van der Waals surface area contributed by atoms with Crippen molar-refractivity contribution >= 4 is 5.91 Å². The molecule has 1 fully saturated rings. The fourth-order valence-corrected chi connectivity index (χ4v) is 3.67. The lowest BCUT2D eigenvalue weighted by molar-refractivity contribution is -0.141. The predicted molar refractivity (Wildman–Crippen MR) is 88.3 cm³/mol. The van der Waals surface area contributed by atoms with E-state index in [4.69, 9.17) is 0 Å². The first-order valence-corrected chi connectivity index (χ1v) is 8.87. The molecule has 1 saturated heterocycles. The molecule has 11 heteroatoms. The van der Waals surface area contributed by atoms with E-state index in [1.807, 2.05) is 0 Å². The third kappa shape index (κ3) is 3.29. The summed E-state index contributed by atoms with van der Waals surface area (Å²) >= 11 is 0. The van der Waals surface area contributed by atoms with Crippen LogP contribution in [0, 0.1) is 0 Å². The van der Waals surface area contributed by atoms with Crippen molar-refractivity contribution in [3.8, 4) is 0 Å². The Hall–Kier alpha value is -2.72. The van der Waals surface area contributed by atoms with Gasteiger partial charge in [-0.3, -0.25) is 14.3 Å². The topological polar surface area (TPSA) is 73.0 Å². The highest BCUT2D eigenvalue weighted by Crippen LogP contribution is 2.28. The van der Waals surface area contributed by atoms with Crippen molar-refractivity contribution in [3.05, 3.63) is 45.9 Å². The molecule has 2 aliphatic rings. The molecule has 150 valence electrons. The Balaban J connectivity index is 1.54. The zero-order chi connectivity index (χ0) is 20.1. The third-order valence-corrected chi connectivity index (χ3v) is 5.07. The van der Waals surface area contributed by atoms with Gasteiger partial charge in [0.15, 0.2) is 0 Å². The van der Waals surface area contributed by atoms with Gasteiger partial charge in [0.1, 0.15) is 23.7 Å². The van der Waals surface area contributed by atoms with Crippen LogP contribution in [-0.2, 0) is 23.9 Å². The van der Waals surface area contributed by atoms with Gasteiger partial charge in [-0.15, -0.1) is 0 Å². The Bertz CT molecular complexity index is 950. The maximum Gasteiger partial charge on any atom is 0.433 e. The SMILES string of the molecule is O=C([C@H]1CCc2nn(Cc3ccc(C(F)(F)F)nc3)c(=O)n21)N1CC[C@H](F)C1. The lowest BCUT2D eigenvalue weighted by atomic mass is 10.2. The van der Waals surface area contributed by atoms with Crippen molar-refractivity contribution < 1.29 is 22.4 Å². The van der Waals surface area contributed by atoms with Crippen LogP contribution in [0.5, 0.6) is 0 Å². The number of amides is 1. The van der Waals surface area contributed by atoms with Crippen molar-refractivity contribution in [2.45, 2.75) is 44.2 Å². The van der Waals surface area contributed by atoms with Crippen LogP contribution < -0.4 is 5.69 Å². The van der Waals surface area contributed by atoms with Crippen LogP contribution in [0.4, 0.5) is 17.6 Å². The van der Waals surface area contributed by atoms with E-state index in [1.54, 1.807) is 0 Å². The molecule has 0 unspecified atom stereocenters. The number of hydrogen-bond acceptors (Lipinski definition) is 4. The summed E-state index contributed by atoms with van der Waals surface area (Å²) in [4.78, 5) is 30.2. The Morgan fingerprint density at radius 1 is 1.25 bits per heavy atom. The molecule has 0 saturated carbocycles. The smallest absolute Gasteiger partial charge is 0.338 e. The fourth-order valence-electron chi connectivity index (χ4n) is 3.67. The van der Waals surface area contributed by atoms with Crippen molar-refractivity contribution in [2.75, 3.05) is 13.1 Å². The first kappa shape index (κ1) is 18.6. The highest BCUT2D eigenvalue weighted by Gasteiger charge is 2.38. The number of aromatic nitrogens is 4. The average Bonchev–Trinajstić information content (AvgIpc) is 3.32. The predicted octanol–water partition coefficient (Wildman–Crippen LogP) is 1.56. The molecule has 4 rings (SSSR count). The molecule has 4 heterocycles. The number of rotatable bonds is 3. The molecule has 7 nitrogen and oxygen atoms in total. The Morgan fingerprint density at radius 3 is 2.64 bits per heavy atom. The molecule has 2 aliphatic heterocycles. The largest absolute Gasteiger partial charge is 0.433 e. The van der Waals surface area contributed by atoms with E-state index in [2.05, 4.69) is 10.1 Å². The van der Waals surface area contributed by atoms with E-state index < -0.39 is 29.8 Å². The van der Waals surface area contributed by atoms with Crippen molar-refractivity contribution in [1.29, 1.82) is 0 Å². The lowest BCUT2D eigenvalue weighted by Crippen LogP contribution is -2.38. The van der Waals surface area contributed by atoms with Gasteiger partial charge in [0.05, 0.1) is 13.1 Å². The van der Waals surface area contributed by atoms with Crippen LogP contribution in [0.3, 0.4) is 0 Å². The summed E-state index contributed by atoms with van der Waals surface area (Å²) in [7, 11) is 0. The summed E-state index contributed by atoms with van der Waals surface area (Å²) in [5, 5.41) is 4.20. The number of fused-ring (bicyclic) bond motifs is 1. The Morgan fingerprint density at radius 2 is 2.04 bits per heavy atom. The molecule has 2 aromatic heterocycles. The van der Waals surface area contributed by atoms with Crippen LogP contribution in [0.1, 0.15) is 36.0 Å². The minimum absolute atomic E-state index is 0.0325. The summed E-state index contributed by atoms with van der Waals surface area (Å²) < 4.78 is 53.6. The molecule has 0 bridgehead atoms. The zero-order valence-corrected chi connectivity index (χ0v) is 14.7. The molecule has 0 spiro atoms. The van der Waals surface area contributed by atoms with Crippen LogP contribution in [0.15, 0.2) is 23.1 Å². The molecule has 0 aliphatic carbocycles. The number of hydrogen-bond donors (Lipinski definition) is 0. The van der Waals surface area contributed by atoms with Gasteiger partial charge in [0.2, 0.25) is 5.91 Å². The quantitative estimate of drug-likeness (QED) is 0.735. The summed E-state index contributed by atoms with van der Waals surface area (Å²) in [6, 6.07) is 1.37. The Kier molecular flexibility index (Phi) is 4.47. The van der Waals surface area contributed by atoms with Crippen molar-refractivity contribution in [2.24, 2.45) is 0 Å². The first-order valence-electron chi connectivity index (χ1n) is 8.87.